The molecule has 1 aliphatic carbocycles. The number of benzene rings is 1. The van der Waals surface area contributed by atoms with Crippen LogP contribution in [-0.2, 0) is 12.8 Å². The van der Waals surface area contributed by atoms with Crippen molar-refractivity contribution < 1.29 is 9.53 Å². The SMILES string of the molecule is CCOc1ccc(C(=O)Nc2sc3c(c2C#N)CCCC3)cc1Br. The number of nitrogens with zero attached hydrogens (tertiary/aromatic N) is 1. The van der Waals surface area contributed by atoms with Crippen LogP contribution in [0.5, 0.6) is 5.75 Å². The van der Waals surface area contributed by atoms with Gasteiger partial charge in [-0.2, -0.15) is 5.26 Å². The second-order valence-corrected chi connectivity index (χ2v) is 7.52. The maximum absolute atomic E-state index is 12.5. The lowest BCUT2D eigenvalue weighted by Crippen LogP contribution is -2.12. The van der Waals surface area contributed by atoms with Crippen molar-refractivity contribution >= 4 is 38.2 Å². The second-order valence-electron chi connectivity index (χ2n) is 5.56. The lowest BCUT2D eigenvalue weighted by atomic mass is 9.96. The summed E-state index contributed by atoms with van der Waals surface area (Å²) >= 11 is 4.96. The fourth-order valence-electron chi connectivity index (χ4n) is 2.86. The summed E-state index contributed by atoms with van der Waals surface area (Å²) in [5.74, 6) is 0.493. The van der Waals surface area contributed by atoms with Gasteiger partial charge in [0.25, 0.3) is 5.91 Å². The van der Waals surface area contributed by atoms with Gasteiger partial charge < -0.3 is 10.1 Å². The van der Waals surface area contributed by atoms with Crippen LogP contribution in [0.4, 0.5) is 5.00 Å². The van der Waals surface area contributed by atoms with Crippen LogP contribution in [0, 0.1) is 11.3 Å². The number of anilines is 1. The maximum atomic E-state index is 12.5. The van der Waals surface area contributed by atoms with E-state index in [1.165, 1.54) is 16.2 Å². The minimum absolute atomic E-state index is 0.214. The van der Waals surface area contributed by atoms with Gasteiger partial charge in [0.1, 0.15) is 16.8 Å². The van der Waals surface area contributed by atoms with Gasteiger partial charge in [0.05, 0.1) is 16.6 Å². The Bertz CT molecular complexity index is 823. The Morgan fingerprint density at radius 2 is 2.21 bits per heavy atom. The van der Waals surface area contributed by atoms with Crippen LogP contribution in [0.25, 0.3) is 0 Å². The molecule has 0 radical (unpaired) electrons. The lowest BCUT2D eigenvalue weighted by molar-refractivity contribution is 0.102. The molecule has 3 rings (SSSR count). The summed E-state index contributed by atoms with van der Waals surface area (Å²) < 4.78 is 6.20. The van der Waals surface area contributed by atoms with E-state index in [-0.39, 0.29) is 5.91 Å². The Morgan fingerprint density at radius 1 is 1.42 bits per heavy atom. The highest BCUT2D eigenvalue weighted by Crippen LogP contribution is 2.38. The molecule has 1 aliphatic rings. The van der Waals surface area contributed by atoms with E-state index in [4.69, 9.17) is 4.74 Å². The first-order chi connectivity index (χ1) is 11.6. The molecule has 1 amide bonds. The Hall–Kier alpha value is -1.84. The molecule has 0 saturated heterocycles. The largest absolute Gasteiger partial charge is 0.493 e. The molecule has 6 heteroatoms. The van der Waals surface area contributed by atoms with Crippen molar-refractivity contribution in [2.75, 3.05) is 11.9 Å². The summed E-state index contributed by atoms with van der Waals surface area (Å²) in [5.41, 5.74) is 2.28. The normalized spacial score (nSPS) is 13.0. The summed E-state index contributed by atoms with van der Waals surface area (Å²) in [7, 11) is 0. The van der Waals surface area contributed by atoms with Crippen LogP contribution in [0.15, 0.2) is 22.7 Å². The van der Waals surface area contributed by atoms with Gasteiger partial charge in [-0.3, -0.25) is 4.79 Å². The molecular formula is C18H17BrN2O2S. The molecule has 1 aromatic heterocycles. The number of halogens is 1. The van der Waals surface area contributed by atoms with Crippen molar-refractivity contribution in [1.29, 1.82) is 5.26 Å². The van der Waals surface area contributed by atoms with E-state index in [1.807, 2.05) is 6.92 Å². The van der Waals surface area contributed by atoms with Crippen LogP contribution in [0.3, 0.4) is 0 Å². The first kappa shape index (κ1) is 17.0. The van der Waals surface area contributed by atoms with Crippen molar-refractivity contribution in [3.8, 4) is 11.8 Å². The molecule has 124 valence electrons. The topological polar surface area (TPSA) is 62.1 Å². The predicted molar refractivity (Wildman–Crippen MR) is 98.9 cm³/mol. The standard InChI is InChI=1S/C18H17BrN2O2S/c1-2-23-15-8-7-11(9-14(15)19)17(22)21-18-13(10-20)12-5-3-4-6-16(12)24-18/h7-9H,2-6H2,1H3,(H,21,22). The summed E-state index contributed by atoms with van der Waals surface area (Å²) in [6.45, 7) is 2.48. The molecule has 0 saturated carbocycles. The molecule has 0 aliphatic heterocycles. The first-order valence-electron chi connectivity index (χ1n) is 7.92. The number of nitriles is 1. The van der Waals surface area contributed by atoms with Gasteiger partial charge in [-0.15, -0.1) is 11.3 Å². The average molecular weight is 405 g/mol. The van der Waals surface area contributed by atoms with Gasteiger partial charge in [-0.25, -0.2) is 0 Å². The van der Waals surface area contributed by atoms with Gasteiger partial charge in [0, 0.05) is 10.4 Å². The van der Waals surface area contributed by atoms with E-state index in [1.54, 1.807) is 18.2 Å². The highest BCUT2D eigenvalue weighted by molar-refractivity contribution is 9.10. The number of ether oxygens (including phenoxy) is 1. The number of thiophene rings is 1. The molecule has 24 heavy (non-hydrogen) atoms. The van der Waals surface area contributed by atoms with E-state index in [0.717, 1.165) is 35.7 Å². The third kappa shape index (κ3) is 3.33. The van der Waals surface area contributed by atoms with E-state index in [2.05, 4.69) is 27.3 Å². The van der Waals surface area contributed by atoms with Crippen molar-refractivity contribution in [1.82, 2.24) is 0 Å². The summed E-state index contributed by atoms with van der Waals surface area (Å²) in [6.07, 6.45) is 4.19. The van der Waals surface area contributed by atoms with Gasteiger partial charge >= 0.3 is 0 Å². The number of amides is 1. The van der Waals surface area contributed by atoms with Gasteiger partial charge in [0.15, 0.2) is 0 Å². The Balaban J connectivity index is 1.84. The van der Waals surface area contributed by atoms with Crippen LogP contribution in [0.2, 0.25) is 0 Å². The molecule has 4 nitrogen and oxygen atoms in total. The van der Waals surface area contributed by atoms with Crippen molar-refractivity contribution in [2.45, 2.75) is 32.6 Å². The quantitative estimate of drug-likeness (QED) is 0.786. The highest BCUT2D eigenvalue weighted by atomic mass is 79.9. The first-order valence-corrected chi connectivity index (χ1v) is 9.53. The Labute approximate surface area is 153 Å². The fraction of sp³-hybridized carbons (Fsp3) is 0.333. The minimum Gasteiger partial charge on any atom is -0.493 e. The number of aryl methyl sites for hydroxylation is 1. The van der Waals surface area contributed by atoms with Crippen molar-refractivity contribution in [3.63, 3.8) is 0 Å². The molecule has 1 aromatic carbocycles. The molecule has 0 fully saturated rings. The van der Waals surface area contributed by atoms with Crippen LogP contribution in [-0.4, -0.2) is 12.5 Å². The Kier molecular flexibility index (Phi) is 5.22. The smallest absolute Gasteiger partial charge is 0.256 e. The third-order valence-electron chi connectivity index (χ3n) is 4.00. The number of rotatable bonds is 4. The number of carbonyl (C=O) groups excluding carboxylic acids is 1. The summed E-state index contributed by atoms with van der Waals surface area (Å²) in [5, 5.41) is 13.0. The van der Waals surface area contributed by atoms with Gasteiger partial charge in [0.2, 0.25) is 0 Å². The second kappa shape index (κ2) is 7.37. The molecular weight excluding hydrogens is 388 g/mol. The lowest BCUT2D eigenvalue weighted by Gasteiger charge is -2.09. The number of hydrogen-bond donors (Lipinski definition) is 1. The Morgan fingerprint density at radius 3 is 2.92 bits per heavy atom. The number of nitrogens with one attached hydrogen (secondary N) is 1. The molecule has 0 unspecified atom stereocenters. The average Bonchev–Trinajstić information content (AvgIpc) is 2.93. The fourth-order valence-corrected chi connectivity index (χ4v) is 4.59. The minimum atomic E-state index is -0.214. The molecule has 2 aromatic rings. The molecule has 0 atom stereocenters. The number of carbonyl (C=O) groups is 1. The van der Waals surface area contributed by atoms with Crippen molar-refractivity contribution in [2.24, 2.45) is 0 Å². The molecule has 0 spiro atoms. The van der Waals surface area contributed by atoms with Crippen LogP contribution >= 0.6 is 27.3 Å². The van der Waals surface area contributed by atoms with Crippen molar-refractivity contribution in [3.05, 3.63) is 44.2 Å². The number of fused-ring (bicyclic) bond motifs is 1. The molecule has 0 bridgehead atoms. The zero-order valence-electron chi connectivity index (χ0n) is 13.3. The van der Waals surface area contributed by atoms with Crippen LogP contribution in [0.1, 0.15) is 46.1 Å². The van der Waals surface area contributed by atoms with E-state index < -0.39 is 0 Å². The molecule has 1 heterocycles. The van der Waals surface area contributed by atoms with E-state index >= 15 is 0 Å². The molecule has 1 N–H and O–H groups in total. The predicted octanol–water partition coefficient (Wildman–Crippen LogP) is 4.91. The summed E-state index contributed by atoms with van der Waals surface area (Å²) in [6, 6.07) is 7.50. The zero-order chi connectivity index (χ0) is 17.1. The summed E-state index contributed by atoms with van der Waals surface area (Å²) in [4.78, 5) is 13.8. The zero-order valence-corrected chi connectivity index (χ0v) is 15.7. The van der Waals surface area contributed by atoms with Crippen LogP contribution < -0.4 is 10.1 Å². The monoisotopic (exact) mass is 404 g/mol. The third-order valence-corrected chi connectivity index (χ3v) is 5.83. The maximum Gasteiger partial charge on any atom is 0.256 e. The van der Waals surface area contributed by atoms with E-state index in [0.29, 0.717) is 28.5 Å². The van der Waals surface area contributed by atoms with Gasteiger partial charge in [-0.05, 0) is 72.3 Å². The highest BCUT2D eigenvalue weighted by Gasteiger charge is 2.22. The van der Waals surface area contributed by atoms with E-state index in [9.17, 15) is 10.1 Å². The van der Waals surface area contributed by atoms with Gasteiger partial charge in [-0.1, -0.05) is 0 Å². The number of hydrogen-bond acceptors (Lipinski definition) is 4.